The van der Waals surface area contributed by atoms with Crippen LogP contribution in [0.15, 0.2) is 0 Å². The van der Waals surface area contributed by atoms with Gasteiger partial charge >= 0.3 is 0 Å². The van der Waals surface area contributed by atoms with E-state index in [1.54, 1.807) is 30.8 Å². The summed E-state index contributed by atoms with van der Waals surface area (Å²) in [6.45, 7) is 15.0. The molecule has 8 N–H and O–H groups in total. The number of likely N-dealkylation sites (tertiary alicyclic amines) is 2. The van der Waals surface area contributed by atoms with Gasteiger partial charge in [-0.25, -0.2) is 0 Å². The minimum atomic E-state index is -0.822. The van der Waals surface area contributed by atoms with Crippen molar-refractivity contribution in [3.63, 3.8) is 0 Å². The van der Waals surface area contributed by atoms with E-state index in [2.05, 4.69) is 42.5 Å². The maximum Gasteiger partial charge on any atom is 0.246 e. The van der Waals surface area contributed by atoms with Gasteiger partial charge in [0.2, 0.25) is 47.3 Å². The van der Waals surface area contributed by atoms with Gasteiger partial charge in [-0.1, -0.05) is 106 Å². The summed E-state index contributed by atoms with van der Waals surface area (Å²) in [6.07, 6.45) is 17.3. The normalized spacial score (nSPS) is 21.3. The number of likely N-dealkylation sites (N-methyl/N-ethyl adjacent to an activating group) is 2. The van der Waals surface area contributed by atoms with Crippen LogP contribution in [0.1, 0.15) is 177 Å². The van der Waals surface area contributed by atoms with Gasteiger partial charge in [0.05, 0.1) is 12.6 Å². The summed E-state index contributed by atoms with van der Waals surface area (Å²) in [7, 11) is 3.35. The van der Waals surface area contributed by atoms with Gasteiger partial charge in [-0.3, -0.25) is 38.4 Å². The molecule has 0 aromatic rings. The second-order valence-corrected chi connectivity index (χ2v) is 23.1. The molecule has 0 bridgehead atoms. The molecule has 4 rings (SSSR count). The van der Waals surface area contributed by atoms with E-state index < -0.39 is 53.1 Å². The van der Waals surface area contributed by atoms with E-state index in [-0.39, 0.29) is 65.6 Å². The van der Waals surface area contributed by atoms with Crippen molar-refractivity contribution in [3.05, 3.63) is 0 Å². The minimum Gasteiger partial charge on any atom is -0.354 e. The Labute approximate surface area is 425 Å². The third-order valence-corrected chi connectivity index (χ3v) is 15.3. The molecule has 2 saturated heterocycles. The van der Waals surface area contributed by atoms with E-state index in [4.69, 9.17) is 0 Å². The first-order valence-corrected chi connectivity index (χ1v) is 27.4. The number of hydrogen-bond acceptors (Lipinski definition) is 10. The van der Waals surface area contributed by atoms with E-state index in [1.165, 1.54) is 0 Å². The highest BCUT2D eigenvalue weighted by Crippen LogP contribution is 2.31. The quantitative estimate of drug-likeness (QED) is 0.0619. The fraction of sp³-hybridized carbons (Fsp3) is 0.849. The van der Waals surface area contributed by atoms with Crippen molar-refractivity contribution in [2.24, 2.45) is 22.7 Å². The molecule has 4 aliphatic rings. The number of carbonyl (C=O) groups excluding carboxylic acids is 8. The fourth-order valence-electron chi connectivity index (χ4n) is 10.8. The third kappa shape index (κ3) is 18.0. The molecule has 2 aliphatic heterocycles. The van der Waals surface area contributed by atoms with Gasteiger partial charge in [0.25, 0.3) is 0 Å². The van der Waals surface area contributed by atoms with E-state index in [0.29, 0.717) is 51.9 Å². The Morgan fingerprint density at radius 2 is 0.887 bits per heavy atom. The number of amides is 8. The minimum absolute atomic E-state index is 0.0161. The summed E-state index contributed by atoms with van der Waals surface area (Å²) < 4.78 is 0. The van der Waals surface area contributed by atoms with Crippen LogP contribution >= 0.6 is 0 Å². The van der Waals surface area contributed by atoms with Crippen molar-refractivity contribution >= 4 is 47.3 Å². The number of nitrogens with one attached hydrogen (secondary N) is 8. The lowest BCUT2D eigenvalue weighted by Gasteiger charge is -2.36. The Morgan fingerprint density at radius 3 is 1.27 bits per heavy atom. The van der Waals surface area contributed by atoms with Crippen molar-refractivity contribution < 1.29 is 38.4 Å². The zero-order valence-corrected chi connectivity index (χ0v) is 45.0. The topological polar surface area (TPSA) is 239 Å². The highest BCUT2D eigenvalue weighted by atomic mass is 16.2. The number of hydrogen-bond donors (Lipinski definition) is 8. The maximum atomic E-state index is 14.0. The molecule has 0 radical (unpaired) electrons. The number of nitrogens with zero attached hydrogens (tertiary/aromatic N) is 2. The summed E-state index contributed by atoms with van der Waals surface area (Å²) >= 11 is 0. The molecule has 18 heteroatoms. The van der Waals surface area contributed by atoms with Crippen LogP contribution in [0, 0.1) is 22.7 Å². The van der Waals surface area contributed by atoms with Crippen molar-refractivity contribution in [2.45, 2.75) is 219 Å². The SMILES string of the molecule is CNCC(=O)NC(C(=O)N1CCCC1C(=O)NC(C(=O)NCCCCCCCCNC(=O)C(NC(=O)C1CCCN1C(=O)C(NC(=O)C(C)NC)C(C)(C)C)C1CCCCC1)C1CCCCC1)C(C)(C)C. The molecule has 71 heavy (non-hydrogen) atoms. The van der Waals surface area contributed by atoms with Crippen LogP contribution in [0.3, 0.4) is 0 Å². The third-order valence-electron chi connectivity index (χ3n) is 15.3. The summed E-state index contributed by atoms with van der Waals surface area (Å²) in [5.41, 5.74) is -1.17. The molecular formula is C53H94N10O8. The summed E-state index contributed by atoms with van der Waals surface area (Å²) in [5, 5.41) is 23.9. The fourth-order valence-corrected chi connectivity index (χ4v) is 10.8. The van der Waals surface area contributed by atoms with Crippen molar-refractivity contribution in [2.75, 3.05) is 46.8 Å². The van der Waals surface area contributed by atoms with Crippen LogP contribution in [0.4, 0.5) is 0 Å². The first kappa shape index (κ1) is 59.2. The second kappa shape index (κ2) is 28.8. The van der Waals surface area contributed by atoms with E-state index in [9.17, 15) is 38.4 Å². The molecular weight excluding hydrogens is 905 g/mol. The number of unbranched alkanes of at least 4 members (excludes halogenated alkanes) is 5. The Bertz CT molecular complexity index is 1770. The predicted octanol–water partition coefficient (Wildman–Crippen LogP) is 3.56. The molecule has 0 aromatic heterocycles. The van der Waals surface area contributed by atoms with Crippen LogP contribution in [0.5, 0.6) is 0 Å². The molecule has 4 fully saturated rings. The summed E-state index contributed by atoms with van der Waals surface area (Å²) in [5.74, 6) is -2.13. The Hall–Kier alpha value is -4.32. The van der Waals surface area contributed by atoms with Gasteiger partial charge in [-0.2, -0.15) is 0 Å². The van der Waals surface area contributed by atoms with Crippen LogP contribution in [-0.4, -0.2) is 146 Å². The molecule has 8 amide bonds. The van der Waals surface area contributed by atoms with Crippen LogP contribution in [-0.2, 0) is 38.4 Å². The van der Waals surface area contributed by atoms with Crippen LogP contribution in [0.2, 0.25) is 0 Å². The molecule has 2 heterocycles. The average Bonchev–Trinajstić information content (AvgIpc) is 4.05. The Balaban J connectivity index is 1.22. The Kier molecular flexibility index (Phi) is 24.0. The molecule has 404 valence electrons. The molecule has 2 aliphatic carbocycles. The average molecular weight is 999 g/mol. The first-order valence-electron chi connectivity index (χ1n) is 27.4. The van der Waals surface area contributed by atoms with Crippen molar-refractivity contribution in [1.29, 1.82) is 0 Å². The second-order valence-electron chi connectivity index (χ2n) is 23.1. The maximum absolute atomic E-state index is 14.0. The smallest absolute Gasteiger partial charge is 0.246 e. The highest BCUT2D eigenvalue weighted by Gasteiger charge is 2.45. The van der Waals surface area contributed by atoms with Gasteiger partial charge in [0.1, 0.15) is 36.3 Å². The lowest BCUT2D eigenvalue weighted by molar-refractivity contribution is -0.144. The van der Waals surface area contributed by atoms with Crippen LogP contribution in [0.25, 0.3) is 0 Å². The van der Waals surface area contributed by atoms with Crippen molar-refractivity contribution in [3.8, 4) is 0 Å². The number of rotatable bonds is 25. The molecule has 2 saturated carbocycles. The predicted molar refractivity (Wildman–Crippen MR) is 275 cm³/mol. The van der Waals surface area contributed by atoms with Gasteiger partial charge in [0, 0.05) is 26.2 Å². The lowest BCUT2D eigenvalue weighted by Crippen LogP contribution is -2.61. The molecule has 7 unspecified atom stereocenters. The van der Waals surface area contributed by atoms with E-state index in [0.717, 1.165) is 103 Å². The standard InChI is InChI=1S/C53H94N10O8/c1-35(55-9)45(65)61-44(53(5,6)7)51(71)63-33-23-29-39(63)47(67)60-42(37-26-18-15-19-27-37)49(69)57-31-21-13-11-10-12-20-30-56-48(68)41(36-24-16-14-17-25-36)59-46(66)38-28-22-32-62(38)50(70)43(52(2,3)4)58-40(64)34-54-8/h35-39,41-44,54-55H,10-34H2,1-9H3,(H,56,68)(H,57,69)(H,58,64)(H,59,66)(H,60,67)(H,61,65). The molecule has 0 spiro atoms. The van der Waals surface area contributed by atoms with E-state index in [1.807, 2.05) is 41.5 Å². The summed E-state index contributed by atoms with van der Waals surface area (Å²) in [4.78, 5) is 112. The monoisotopic (exact) mass is 999 g/mol. The van der Waals surface area contributed by atoms with Gasteiger partial charge < -0.3 is 52.3 Å². The largest absolute Gasteiger partial charge is 0.354 e. The number of carbonyl (C=O) groups is 8. The Morgan fingerprint density at radius 1 is 0.493 bits per heavy atom. The molecule has 18 nitrogen and oxygen atoms in total. The zero-order chi connectivity index (χ0) is 52.3. The molecule has 0 aromatic carbocycles. The van der Waals surface area contributed by atoms with Gasteiger partial charge in [-0.05, 0) is 108 Å². The first-order chi connectivity index (χ1) is 33.7. The van der Waals surface area contributed by atoms with Gasteiger partial charge in [0.15, 0.2) is 0 Å². The van der Waals surface area contributed by atoms with Crippen LogP contribution < -0.4 is 42.5 Å². The molecule has 7 atom stereocenters. The highest BCUT2D eigenvalue weighted by molar-refractivity contribution is 5.96. The van der Waals surface area contributed by atoms with Crippen molar-refractivity contribution in [1.82, 2.24) is 52.3 Å². The van der Waals surface area contributed by atoms with E-state index >= 15 is 0 Å². The lowest BCUT2D eigenvalue weighted by atomic mass is 9.83. The van der Waals surface area contributed by atoms with Gasteiger partial charge in [-0.15, -0.1) is 0 Å². The zero-order valence-electron chi connectivity index (χ0n) is 45.0. The summed E-state index contributed by atoms with van der Waals surface area (Å²) in [6, 6.07) is -4.92.